The second kappa shape index (κ2) is 6.79. The lowest BCUT2D eigenvalue weighted by molar-refractivity contribution is -0.143. The molecule has 0 amide bonds. The number of sulfone groups is 1. The van der Waals surface area contributed by atoms with Gasteiger partial charge >= 0.3 is 5.97 Å². The van der Waals surface area contributed by atoms with Gasteiger partial charge in [-0.3, -0.25) is 4.79 Å². The molecule has 0 rings (SSSR count). The minimum atomic E-state index is -2.91. The van der Waals surface area contributed by atoms with Gasteiger partial charge in [-0.2, -0.15) is 0 Å². The Hall–Kier alpha value is -0.620. The SMILES string of the molecule is CCC(NCCCS(C)(=O)=O)C(=O)OC. The Balaban J connectivity index is 3.78. The smallest absolute Gasteiger partial charge is 0.322 e. The number of hydrogen-bond acceptors (Lipinski definition) is 5. The van der Waals surface area contributed by atoms with Crippen molar-refractivity contribution in [2.75, 3.05) is 25.7 Å². The lowest BCUT2D eigenvalue weighted by Crippen LogP contribution is -2.38. The normalized spacial score (nSPS) is 13.5. The molecule has 6 heteroatoms. The Kier molecular flexibility index (Phi) is 6.51. The van der Waals surface area contributed by atoms with Crippen molar-refractivity contribution >= 4 is 15.8 Å². The summed E-state index contributed by atoms with van der Waals surface area (Å²) in [5.41, 5.74) is 0. The number of methoxy groups -OCH3 is 1. The van der Waals surface area contributed by atoms with Crippen LogP contribution >= 0.6 is 0 Å². The summed E-state index contributed by atoms with van der Waals surface area (Å²) in [4.78, 5) is 11.1. The molecule has 0 aliphatic carbocycles. The van der Waals surface area contributed by atoms with Crippen molar-refractivity contribution < 1.29 is 17.9 Å². The van der Waals surface area contributed by atoms with Gasteiger partial charge in [0.15, 0.2) is 0 Å². The first-order chi connectivity index (χ1) is 6.90. The summed E-state index contributed by atoms with van der Waals surface area (Å²) in [7, 11) is -1.57. The van der Waals surface area contributed by atoms with Gasteiger partial charge in [0.2, 0.25) is 0 Å². The summed E-state index contributed by atoms with van der Waals surface area (Å²) in [5.74, 6) is -0.172. The summed E-state index contributed by atoms with van der Waals surface area (Å²) < 4.78 is 26.2. The zero-order valence-corrected chi connectivity index (χ0v) is 10.3. The van der Waals surface area contributed by atoms with Crippen molar-refractivity contribution in [3.8, 4) is 0 Å². The van der Waals surface area contributed by atoms with Crippen LogP contribution in [0.5, 0.6) is 0 Å². The highest BCUT2D eigenvalue weighted by atomic mass is 32.2. The Labute approximate surface area is 91.1 Å². The number of hydrogen-bond donors (Lipinski definition) is 1. The van der Waals surface area contributed by atoms with Crippen molar-refractivity contribution in [1.29, 1.82) is 0 Å². The van der Waals surface area contributed by atoms with Gasteiger partial charge in [0.1, 0.15) is 15.9 Å². The van der Waals surface area contributed by atoms with Gasteiger partial charge in [0.05, 0.1) is 12.9 Å². The number of nitrogens with one attached hydrogen (secondary N) is 1. The van der Waals surface area contributed by atoms with Crippen LogP contribution in [0.1, 0.15) is 19.8 Å². The fraction of sp³-hybridized carbons (Fsp3) is 0.889. The molecule has 0 heterocycles. The van der Waals surface area contributed by atoms with Crippen molar-refractivity contribution in [1.82, 2.24) is 5.32 Å². The summed E-state index contributed by atoms with van der Waals surface area (Å²) in [6.07, 6.45) is 2.34. The molecule has 1 atom stereocenters. The lowest BCUT2D eigenvalue weighted by Gasteiger charge is -2.13. The van der Waals surface area contributed by atoms with Crippen molar-refractivity contribution in [2.45, 2.75) is 25.8 Å². The minimum absolute atomic E-state index is 0.137. The third kappa shape index (κ3) is 7.33. The molecule has 0 radical (unpaired) electrons. The largest absolute Gasteiger partial charge is 0.468 e. The van der Waals surface area contributed by atoms with Crippen LogP contribution in [0, 0.1) is 0 Å². The van der Waals surface area contributed by atoms with E-state index in [-0.39, 0.29) is 17.8 Å². The maximum absolute atomic E-state index is 11.1. The highest BCUT2D eigenvalue weighted by Gasteiger charge is 2.15. The second-order valence-corrected chi connectivity index (χ2v) is 5.68. The number of carbonyl (C=O) groups excluding carboxylic acids is 1. The van der Waals surface area contributed by atoms with E-state index < -0.39 is 9.84 Å². The zero-order chi connectivity index (χ0) is 11.9. The number of esters is 1. The highest BCUT2D eigenvalue weighted by molar-refractivity contribution is 7.90. The predicted octanol–water partition coefficient (Wildman–Crippen LogP) is -0.0377. The minimum Gasteiger partial charge on any atom is -0.468 e. The molecule has 0 saturated carbocycles. The van der Waals surface area contributed by atoms with Crippen LogP contribution in [0.2, 0.25) is 0 Å². The van der Waals surface area contributed by atoms with E-state index in [4.69, 9.17) is 0 Å². The highest BCUT2D eigenvalue weighted by Crippen LogP contribution is 1.95. The van der Waals surface area contributed by atoms with Gasteiger partial charge in [0.25, 0.3) is 0 Å². The Morgan fingerprint density at radius 2 is 2.07 bits per heavy atom. The van der Waals surface area contributed by atoms with Crippen LogP contribution in [-0.2, 0) is 19.4 Å². The lowest BCUT2D eigenvalue weighted by atomic mass is 10.2. The summed E-state index contributed by atoms with van der Waals surface area (Å²) in [6, 6.07) is -0.338. The molecule has 1 N–H and O–H groups in total. The molecule has 0 aliphatic rings. The fourth-order valence-corrected chi connectivity index (χ4v) is 1.82. The molecule has 1 unspecified atom stereocenters. The molecule has 0 aromatic heterocycles. The summed E-state index contributed by atoms with van der Waals surface area (Å²) >= 11 is 0. The van der Waals surface area contributed by atoms with Crippen LogP contribution in [0.25, 0.3) is 0 Å². The standard InChI is InChI=1S/C9H19NO4S/c1-4-8(9(11)14-2)10-6-5-7-15(3,12)13/h8,10H,4-7H2,1-3H3. The van der Waals surface area contributed by atoms with E-state index >= 15 is 0 Å². The van der Waals surface area contributed by atoms with E-state index in [0.29, 0.717) is 19.4 Å². The molecule has 0 bridgehead atoms. The maximum Gasteiger partial charge on any atom is 0.322 e. The summed E-state index contributed by atoms with van der Waals surface area (Å²) in [5, 5.41) is 2.95. The van der Waals surface area contributed by atoms with Gasteiger partial charge in [-0.25, -0.2) is 8.42 Å². The van der Waals surface area contributed by atoms with Gasteiger partial charge in [-0.15, -0.1) is 0 Å². The molecule has 90 valence electrons. The molecule has 5 nitrogen and oxygen atoms in total. The molecular formula is C9H19NO4S. The van der Waals surface area contributed by atoms with E-state index in [2.05, 4.69) is 10.1 Å². The van der Waals surface area contributed by atoms with Crippen molar-refractivity contribution in [3.05, 3.63) is 0 Å². The molecule has 15 heavy (non-hydrogen) atoms. The van der Waals surface area contributed by atoms with Crippen LogP contribution < -0.4 is 5.32 Å². The molecule has 0 spiro atoms. The van der Waals surface area contributed by atoms with Gasteiger partial charge in [0, 0.05) is 6.26 Å². The first-order valence-electron chi connectivity index (χ1n) is 4.89. The molecule has 0 fully saturated rings. The Morgan fingerprint density at radius 1 is 1.47 bits per heavy atom. The van der Waals surface area contributed by atoms with Crippen LogP contribution in [0.4, 0.5) is 0 Å². The van der Waals surface area contributed by atoms with Crippen molar-refractivity contribution in [2.24, 2.45) is 0 Å². The van der Waals surface area contributed by atoms with E-state index in [9.17, 15) is 13.2 Å². The van der Waals surface area contributed by atoms with Gasteiger partial charge < -0.3 is 10.1 Å². The number of carbonyl (C=O) groups is 1. The summed E-state index contributed by atoms with van der Waals surface area (Å²) in [6.45, 7) is 2.37. The van der Waals surface area contributed by atoms with E-state index in [1.807, 2.05) is 6.92 Å². The van der Waals surface area contributed by atoms with Gasteiger partial charge in [-0.05, 0) is 19.4 Å². The van der Waals surface area contributed by atoms with Crippen molar-refractivity contribution in [3.63, 3.8) is 0 Å². The third-order valence-corrected chi connectivity index (χ3v) is 3.01. The zero-order valence-electron chi connectivity index (χ0n) is 9.45. The maximum atomic E-state index is 11.1. The average Bonchev–Trinajstić information content (AvgIpc) is 2.15. The van der Waals surface area contributed by atoms with Gasteiger partial charge in [-0.1, -0.05) is 6.92 Å². The monoisotopic (exact) mass is 237 g/mol. The number of ether oxygens (including phenoxy) is 1. The predicted molar refractivity (Wildman–Crippen MR) is 58.4 cm³/mol. The fourth-order valence-electron chi connectivity index (χ4n) is 1.15. The Morgan fingerprint density at radius 3 is 2.47 bits per heavy atom. The molecule has 0 saturated heterocycles. The first-order valence-corrected chi connectivity index (χ1v) is 6.95. The van der Waals surface area contributed by atoms with Crippen LogP contribution in [0.3, 0.4) is 0 Å². The molecule has 0 aromatic carbocycles. The average molecular weight is 237 g/mol. The second-order valence-electron chi connectivity index (χ2n) is 3.42. The third-order valence-electron chi connectivity index (χ3n) is 1.98. The van der Waals surface area contributed by atoms with Crippen LogP contribution in [-0.4, -0.2) is 46.1 Å². The number of rotatable bonds is 7. The molecular weight excluding hydrogens is 218 g/mol. The molecule has 0 aliphatic heterocycles. The van der Waals surface area contributed by atoms with E-state index in [0.717, 1.165) is 0 Å². The molecule has 0 aromatic rings. The first kappa shape index (κ1) is 14.4. The quantitative estimate of drug-likeness (QED) is 0.497. The Bertz CT molecular complexity index is 286. The van der Waals surface area contributed by atoms with Crippen LogP contribution in [0.15, 0.2) is 0 Å². The van der Waals surface area contributed by atoms with E-state index in [1.165, 1.54) is 13.4 Å². The van der Waals surface area contributed by atoms with E-state index in [1.54, 1.807) is 0 Å². The topological polar surface area (TPSA) is 72.5 Å².